The molecule has 0 radical (unpaired) electrons. The molecule has 0 spiro atoms. The number of alkyl halides is 2. The lowest BCUT2D eigenvalue weighted by molar-refractivity contribution is -0.135. The van der Waals surface area contributed by atoms with Crippen LogP contribution in [0, 0.1) is 12.8 Å². The topological polar surface area (TPSA) is 80.2 Å². The normalized spacial score (nSPS) is 26.7. The first-order chi connectivity index (χ1) is 11.2. The van der Waals surface area contributed by atoms with Crippen LogP contribution >= 0.6 is 0 Å². The minimum absolute atomic E-state index is 0.0309. The van der Waals surface area contributed by atoms with Crippen LogP contribution in [0.1, 0.15) is 31.4 Å². The number of carbonyl (C=O) groups is 1. The maximum atomic E-state index is 13.3. The molecule has 1 unspecified atom stereocenters. The Morgan fingerprint density at radius 2 is 2.04 bits per heavy atom. The first-order valence-electron chi connectivity index (χ1n) is 7.90. The number of halogens is 2. The molecule has 6 nitrogen and oxygen atoms in total. The van der Waals surface area contributed by atoms with Crippen LogP contribution < -0.4 is 0 Å². The van der Waals surface area contributed by atoms with E-state index in [9.17, 15) is 22.0 Å². The van der Waals surface area contributed by atoms with Crippen molar-refractivity contribution in [1.29, 1.82) is 0 Å². The van der Waals surface area contributed by atoms with E-state index >= 15 is 0 Å². The summed E-state index contributed by atoms with van der Waals surface area (Å²) in [5, 5.41) is 6.68. The lowest BCUT2D eigenvalue weighted by Crippen LogP contribution is -2.35. The molecule has 2 fully saturated rings. The van der Waals surface area contributed by atoms with Gasteiger partial charge in [0.15, 0.2) is 14.9 Å². The van der Waals surface area contributed by atoms with Gasteiger partial charge in [-0.1, -0.05) is 0 Å². The van der Waals surface area contributed by atoms with E-state index in [1.54, 1.807) is 13.0 Å². The molecule has 1 aromatic heterocycles. The monoisotopic (exact) mass is 359 g/mol. The minimum atomic E-state index is -3.66. The number of hydrogen-bond donors (Lipinski definition) is 0. The Morgan fingerprint density at radius 1 is 1.29 bits per heavy atom. The third kappa shape index (κ3) is 3.26. The van der Waals surface area contributed by atoms with Gasteiger partial charge in [0.1, 0.15) is 0 Å². The second-order valence-corrected chi connectivity index (χ2v) is 8.73. The van der Waals surface area contributed by atoms with Gasteiger partial charge >= 0.3 is 0 Å². The van der Waals surface area contributed by atoms with Gasteiger partial charge in [-0.05, 0) is 38.3 Å². The average molecular weight is 359 g/mol. The standard InChI is InChI=1S/C15H19F2N3O3S/c1-10-2-5-13(19-18-10)24(22,23)12-4-3-11(8-12)14(21)20-7-6-15(16,17)9-20/h2,5,11-12H,3-4,6-9H2,1H3/t11-,12?/m1/s1. The molecular weight excluding hydrogens is 340 g/mol. The summed E-state index contributed by atoms with van der Waals surface area (Å²) < 4.78 is 51.7. The Labute approximate surface area is 139 Å². The average Bonchev–Trinajstić information content (AvgIpc) is 3.14. The Morgan fingerprint density at radius 3 is 2.62 bits per heavy atom. The highest BCUT2D eigenvalue weighted by atomic mass is 32.2. The molecule has 1 saturated carbocycles. The predicted molar refractivity (Wildman–Crippen MR) is 81.2 cm³/mol. The van der Waals surface area contributed by atoms with Crippen molar-refractivity contribution in [3.05, 3.63) is 17.8 Å². The Hall–Kier alpha value is -1.64. The SMILES string of the molecule is Cc1ccc(S(=O)(=O)C2CC[C@@H](C(=O)N3CCC(F)(F)C3)C2)nn1. The Bertz CT molecular complexity index is 737. The highest BCUT2D eigenvalue weighted by Crippen LogP contribution is 2.36. The zero-order valence-corrected chi connectivity index (χ0v) is 14.1. The fourth-order valence-electron chi connectivity index (χ4n) is 3.34. The Balaban J connectivity index is 1.69. The number of likely N-dealkylation sites (tertiary alicyclic amines) is 1. The van der Waals surface area contributed by atoms with Crippen LogP contribution in [0.3, 0.4) is 0 Å². The molecule has 2 heterocycles. The van der Waals surface area contributed by atoms with Gasteiger partial charge in [-0.2, -0.15) is 5.10 Å². The molecule has 1 amide bonds. The molecule has 1 aromatic rings. The third-order valence-corrected chi connectivity index (χ3v) is 6.83. The summed E-state index contributed by atoms with van der Waals surface area (Å²) in [5.74, 6) is -3.71. The lowest BCUT2D eigenvalue weighted by atomic mass is 10.1. The van der Waals surface area contributed by atoms with Crippen LogP contribution in [0.15, 0.2) is 17.2 Å². The summed E-state index contributed by atoms with van der Waals surface area (Å²) in [6.45, 7) is 1.17. The summed E-state index contributed by atoms with van der Waals surface area (Å²) in [7, 11) is -3.66. The molecule has 2 aliphatic rings. The third-order valence-electron chi connectivity index (χ3n) is 4.72. The summed E-state index contributed by atoms with van der Waals surface area (Å²) in [6.07, 6.45) is 0.549. The molecule has 0 aromatic carbocycles. The van der Waals surface area contributed by atoms with Crippen molar-refractivity contribution in [2.24, 2.45) is 5.92 Å². The smallest absolute Gasteiger partial charge is 0.267 e. The van der Waals surface area contributed by atoms with Gasteiger partial charge in [-0.3, -0.25) is 4.79 Å². The number of aromatic nitrogens is 2. The van der Waals surface area contributed by atoms with Gasteiger partial charge in [-0.15, -0.1) is 5.10 Å². The van der Waals surface area contributed by atoms with E-state index in [1.165, 1.54) is 6.07 Å². The molecule has 0 bridgehead atoms. The summed E-state index contributed by atoms with van der Waals surface area (Å²) >= 11 is 0. The molecule has 1 saturated heterocycles. The van der Waals surface area contributed by atoms with E-state index < -0.39 is 33.5 Å². The fourth-order valence-corrected chi connectivity index (χ4v) is 5.02. The number of carbonyl (C=O) groups excluding carboxylic acids is 1. The van der Waals surface area contributed by atoms with E-state index in [0.29, 0.717) is 18.5 Å². The maximum Gasteiger partial charge on any atom is 0.267 e. The van der Waals surface area contributed by atoms with Gasteiger partial charge in [-0.25, -0.2) is 17.2 Å². The molecule has 132 valence electrons. The predicted octanol–water partition coefficient (Wildman–Crippen LogP) is 1.60. The van der Waals surface area contributed by atoms with Crippen LogP contribution in [-0.4, -0.2) is 53.7 Å². The van der Waals surface area contributed by atoms with E-state index in [4.69, 9.17) is 0 Å². The van der Waals surface area contributed by atoms with E-state index in [2.05, 4.69) is 10.2 Å². The second kappa shape index (κ2) is 6.02. The van der Waals surface area contributed by atoms with E-state index in [-0.39, 0.29) is 30.3 Å². The van der Waals surface area contributed by atoms with Crippen molar-refractivity contribution in [1.82, 2.24) is 15.1 Å². The van der Waals surface area contributed by atoms with Crippen molar-refractivity contribution in [2.75, 3.05) is 13.1 Å². The van der Waals surface area contributed by atoms with Crippen LogP contribution in [0.4, 0.5) is 8.78 Å². The summed E-state index contributed by atoms with van der Waals surface area (Å²) in [4.78, 5) is 13.5. The first kappa shape index (κ1) is 17.2. The van der Waals surface area contributed by atoms with Crippen LogP contribution in [0.5, 0.6) is 0 Å². The molecule has 3 rings (SSSR count). The van der Waals surface area contributed by atoms with Crippen molar-refractivity contribution in [2.45, 2.75) is 48.8 Å². The number of hydrogen-bond acceptors (Lipinski definition) is 5. The maximum absolute atomic E-state index is 13.3. The molecule has 2 atom stereocenters. The van der Waals surface area contributed by atoms with Crippen LogP contribution in [0.2, 0.25) is 0 Å². The first-order valence-corrected chi connectivity index (χ1v) is 9.44. The molecular formula is C15H19F2N3O3S. The number of nitrogens with zero attached hydrogens (tertiary/aromatic N) is 3. The fraction of sp³-hybridized carbons (Fsp3) is 0.667. The van der Waals surface area contributed by atoms with E-state index in [1.807, 2.05) is 0 Å². The molecule has 24 heavy (non-hydrogen) atoms. The highest BCUT2D eigenvalue weighted by Gasteiger charge is 2.45. The molecule has 9 heteroatoms. The quantitative estimate of drug-likeness (QED) is 0.819. The van der Waals surface area contributed by atoms with Gasteiger partial charge in [0.05, 0.1) is 17.5 Å². The van der Waals surface area contributed by atoms with Crippen molar-refractivity contribution < 1.29 is 22.0 Å². The Kier molecular flexibility index (Phi) is 4.31. The molecule has 1 aliphatic carbocycles. The zero-order valence-electron chi connectivity index (χ0n) is 13.3. The van der Waals surface area contributed by atoms with Gasteiger partial charge in [0, 0.05) is 18.9 Å². The van der Waals surface area contributed by atoms with Crippen molar-refractivity contribution in [3.63, 3.8) is 0 Å². The minimum Gasteiger partial charge on any atom is -0.336 e. The second-order valence-electron chi connectivity index (χ2n) is 6.56. The number of amides is 1. The highest BCUT2D eigenvalue weighted by molar-refractivity contribution is 7.92. The van der Waals surface area contributed by atoms with Crippen molar-refractivity contribution >= 4 is 15.7 Å². The summed E-state index contributed by atoms with van der Waals surface area (Å²) in [6, 6.07) is 2.98. The van der Waals surface area contributed by atoms with Crippen molar-refractivity contribution in [3.8, 4) is 0 Å². The van der Waals surface area contributed by atoms with Gasteiger partial charge in [0.2, 0.25) is 5.91 Å². The number of sulfone groups is 1. The van der Waals surface area contributed by atoms with Crippen LogP contribution in [-0.2, 0) is 14.6 Å². The molecule has 1 aliphatic heterocycles. The van der Waals surface area contributed by atoms with E-state index in [0.717, 1.165) is 4.90 Å². The van der Waals surface area contributed by atoms with Crippen LogP contribution in [0.25, 0.3) is 0 Å². The van der Waals surface area contributed by atoms with Gasteiger partial charge < -0.3 is 4.90 Å². The van der Waals surface area contributed by atoms with Gasteiger partial charge in [0.25, 0.3) is 5.92 Å². The number of aryl methyl sites for hydroxylation is 1. The summed E-state index contributed by atoms with van der Waals surface area (Å²) in [5.41, 5.74) is 0.614. The number of rotatable bonds is 3. The zero-order chi connectivity index (χ0) is 17.5. The lowest BCUT2D eigenvalue weighted by Gasteiger charge is -2.20. The molecule has 0 N–H and O–H groups in total. The largest absolute Gasteiger partial charge is 0.336 e.